The second kappa shape index (κ2) is 5.38. The topological polar surface area (TPSA) is 81.0 Å². The molecule has 1 aromatic rings. The van der Waals surface area contributed by atoms with Crippen LogP contribution >= 0.6 is 0 Å². The van der Waals surface area contributed by atoms with E-state index in [0.29, 0.717) is 18.5 Å². The molecule has 2 atom stereocenters. The Balaban J connectivity index is 2.00. The predicted molar refractivity (Wildman–Crippen MR) is 69.6 cm³/mol. The summed E-state index contributed by atoms with van der Waals surface area (Å²) >= 11 is 0. The Hall–Kier alpha value is -1.66. The highest BCUT2D eigenvalue weighted by atomic mass is 19.1. The van der Waals surface area contributed by atoms with Crippen LogP contribution in [0.3, 0.4) is 0 Å². The maximum absolute atomic E-state index is 13.2. The fraction of sp³-hybridized carbons (Fsp3) is 0.500. The van der Waals surface area contributed by atoms with Crippen molar-refractivity contribution in [2.24, 2.45) is 0 Å². The lowest BCUT2D eigenvalue weighted by atomic mass is 9.90. The molecule has 1 amide bonds. The highest BCUT2D eigenvalue weighted by molar-refractivity contribution is 5.79. The molecular weight excluding hydrogens is 265 g/mol. The smallest absolute Gasteiger partial charge is 0.227 e. The molecule has 1 saturated heterocycles. The number of amides is 1. The minimum absolute atomic E-state index is 0.00787. The van der Waals surface area contributed by atoms with E-state index in [0.717, 1.165) is 6.07 Å². The van der Waals surface area contributed by atoms with E-state index in [1.54, 1.807) is 0 Å². The van der Waals surface area contributed by atoms with E-state index in [4.69, 9.17) is 5.11 Å². The van der Waals surface area contributed by atoms with Crippen molar-refractivity contribution in [3.8, 4) is 5.75 Å². The Bertz CT molecular complexity index is 518. The van der Waals surface area contributed by atoms with E-state index in [-0.39, 0.29) is 18.9 Å². The maximum Gasteiger partial charge on any atom is 0.227 e. The monoisotopic (exact) mass is 283 g/mol. The third kappa shape index (κ3) is 3.08. The largest absolute Gasteiger partial charge is 0.505 e. The summed E-state index contributed by atoms with van der Waals surface area (Å²) < 4.78 is 13.2. The number of aromatic hydroxyl groups is 1. The summed E-state index contributed by atoms with van der Waals surface area (Å²) in [5, 5.41) is 28.7. The number of phenolic OH excluding ortho intramolecular Hbond substituents is 1. The molecule has 0 aliphatic carbocycles. The van der Waals surface area contributed by atoms with Crippen LogP contribution in [0.2, 0.25) is 0 Å². The average molecular weight is 283 g/mol. The zero-order valence-corrected chi connectivity index (χ0v) is 11.2. The number of phenols is 1. The Kier molecular flexibility index (Phi) is 3.96. The SMILES string of the molecule is C[C@]1(O)CCN(C(=O)Cc2ccc(O)c(F)c2)C[C@@H]1O. The fourth-order valence-corrected chi connectivity index (χ4v) is 2.20. The number of carbonyl (C=O) groups is 1. The average Bonchev–Trinajstić information content (AvgIpc) is 2.37. The van der Waals surface area contributed by atoms with Gasteiger partial charge in [0.15, 0.2) is 11.6 Å². The lowest BCUT2D eigenvalue weighted by Crippen LogP contribution is -2.55. The molecule has 0 bridgehead atoms. The molecule has 0 unspecified atom stereocenters. The van der Waals surface area contributed by atoms with Crippen LogP contribution in [0.5, 0.6) is 5.75 Å². The van der Waals surface area contributed by atoms with Gasteiger partial charge in [0, 0.05) is 13.1 Å². The molecule has 1 aliphatic rings. The van der Waals surface area contributed by atoms with Gasteiger partial charge in [0.05, 0.1) is 18.1 Å². The number of rotatable bonds is 2. The van der Waals surface area contributed by atoms with Crippen LogP contribution in [-0.2, 0) is 11.2 Å². The number of halogens is 1. The van der Waals surface area contributed by atoms with Crippen molar-refractivity contribution in [2.75, 3.05) is 13.1 Å². The van der Waals surface area contributed by atoms with Gasteiger partial charge in [-0.2, -0.15) is 0 Å². The number of benzene rings is 1. The number of likely N-dealkylation sites (tertiary alicyclic amines) is 1. The summed E-state index contributed by atoms with van der Waals surface area (Å²) in [5.41, 5.74) is -0.723. The van der Waals surface area contributed by atoms with E-state index in [1.807, 2.05) is 0 Å². The molecule has 0 radical (unpaired) electrons. The molecular formula is C14H18FNO4. The van der Waals surface area contributed by atoms with Gasteiger partial charge in [0.1, 0.15) is 0 Å². The second-order valence-corrected chi connectivity index (χ2v) is 5.43. The number of nitrogens with zero attached hydrogens (tertiary/aromatic N) is 1. The number of carbonyl (C=O) groups excluding carboxylic acids is 1. The van der Waals surface area contributed by atoms with Crippen LogP contribution in [-0.4, -0.2) is 50.9 Å². The zero-order chi connectivity index (χ0) is 14.9. The first-order valence-electron chi connectivity index (χ1n) is 6.45. The van der Waals surface area contributed by atoms with Gasteiger partial charge in [0.25, 0.3) is 0 Å². The predicted octanol–water partition coefficient (Wildman–Crippen LogP) is 0.418. The Morgan fingerprint density at radius 2 is 2.25 bits per heavy atom. The highest BCUT2D eigenvalue weighted by Crippen LogP contribution is 2.23. The number of aliphatic hydroxyl groups is 2. The number of hydrogen-bond acceptors (Lipinski definition) is 4. The van der Waals surface area contributed by atoms with Crippen molar-refractivity contribution in [1.29, 1.82) is 0 Å². The van der Waals surface area contributed by atoms with E-state index < -0.39 is 23.3 Å². The third-order valence-electron chi connectivity index (χ3n) is 3.72. The summed E-state index contributed by atoms with van der Waals surface area (Å²) in [5.74, 6) is -1.47. The van der Waals surface area contributed by atoms with Crippen molar-refractivity contribution in [2.45, 2.75) is 31.5 Å². The summed E-state index contributed by atoms with van der Waals surface area (Å²) in [4.78, 5) is 13.5. The molecule has 0 saturated carbocycles. The highest BCUT2D eigenvalue weighted by Gasteiger charge is 2.37. The first-order valence-corrected chi connectivity index (χ1v) is 6.45. The van der Waals surface area contributed by atoms with Crippen LogP contribution in [0.1, 0.15) is 18.9 Å². The van der Waals surface area contributed by atoms with Gasteiger partial charge < -0.3 is 20.2 Å². The van der Waals surface area contributed by atoms with Gasteiger partial charge >= 0.3 is 0 Å². The Morgan fingerprint density at radius 3 is 2.85 bits per heavy atom. The zero-order valence-electron chi connectivity index (χ0n) is 11.2. The van der Waals surface area contributed by atoms with Gasteiger partial charge in [0.2, 0.25) is 5.91 Å². The molecule has 0 aromatic heterocycles. The van der Waals surface area contributed by atoms with E-state index >= 15 is 0 Å². The molecule has 1 aromatic carbocycles. The molecule has 20 heavy (non-hydrogen) atoms. The quantitative estimate of drug-likeness (QED) is 0.734. The van der Waals surface area contributed by atoms with E-state index in [9.17, 15) is 19.4 Å². The number of β-amino-alcohol motifs (C(OH)–C–C–N with tert-alkyl or cyclic N) is 1. The summed E-state index contributed by atoms with van der Waals surface area (Å²) in [7, 11) is 0. The molecule has 1 fully saturated rings. The standard InChI is InChI=1S/C14H18FNO4/c1-14(20)4-5-16(8-12(14)18)13(19)7-9-2-3-11(17)10(15)6-9/h2-3,6,12,17-18,20H,4-5,7-8H2,1H3/t12-,14-/m0/s1. The minimum atomic E-state index is -1.18. The first-order chi connectivity index (χ1) is 9.29. The second-order valence-electron chi connectivity index (χ2n) is 5.43. The Labute approximate surface area is 116 Å². The van der Waals surface area contributed by atoms with Gasteiger partial charge in [-0.05, 0) is 31.0 Å². The van der Waals surface area contributed by atoms with Crippen molar-refractivity contribution in [3.63, 3.8) is 0 Å². The molecule has 1 heterocycles. The first kappa shape index (κ1) is 14.7. The van der Waals surface area contributed by atoms with Crippen LogP contribution in [0.15, 0.2) is 18.2 Å². The van der Waals surface area contributed by atoms with Crippen molar-refractivity contribution in [1.82, 2.24) is 4.90 Å². The van der Waals surface area contributed by atoms with Gasteiger partial charge in [-0.15, -0.1) is 0 Å². The van der Waals surface area contributed by atoms with Gasteiger partial charge in [-0.1, -0.05) is 6.07 Å². The molecule has 110 valence electrons. The number of aliphatic hydroxyl groups excluding tert-OH is 1. The lowest BCUT2D eigenvalue weighted by molar-refractivity contribution is -0.145. The molecule has 0 spiro atoms. The number of piperidine rings is 1. The minimum Gasteiger partial charge on any atom is -0.505 e. The lowest BCUT2D eigenvalue weighted by Gasteiger charge is -2.40. The molecule has 5 nitrogen and oxygen atoms in total. The summed E-state index contributed by atoms with van der Waals surface area (Å²) in [6, 6.07) is 3.80. The van der Waals surface area contributed by atoms with Crippen molar-refractivity contribution >= 4 is 5.91 Å². The van der Waals surface area contributed by atoms with E-state index in [1.165, 1.54) is 24.0 Å². The molecule has 3 N–H and O–H groups in total. The van der Waals surface area contributed by atoms with Gasteiger partial charge in [-0.3, -0.25) is 4.79 Å². The number of hydrogen-bond donors (Lipinski definition) is 3. The maximum atomic E-state index is 13.2. The van der Waals surface area contributed by atoms with Crippen LogP contribution in [0.25, 0.3) is 0 Å². The fourth-order valence-electron chi connectivity index (χ4n) is 2.20. The van der Waals surface area contributed by atoms with Gasteiger partial charge in [-0.25, -0.2) is 4.39 Å². The van der Waals surface area contributed by atoms with Crippen molar-refractivity contribution in [3.05, 3.63) is 29.6 Å². The molecule has 2 rings (SSSR count). The third-order valence-corrected chi connectivity index (χ3v) is 3.72. The Morgan fingerprint density at radius 1 is 1.55 bits per heavy atom. The van der Waals surface area contributed by atoms with Crippen LogP contribution in [0.4, 0.5) is 4.39 Å². The summed E-state index contributed by atoms with van der Waals surface area (Å²) in [6.07, 6.45) is -0.702. The van der Waals surface area contributed by atoms with Crippen molar-refractivity contribution < 1.29 is 24.5 Å². The molecule has 1 aliphatic heterocycles. The normalized spacial score (nSPS) is 26.6. The van der Waals surface area contributed by atoms with Crippen LogP contribution < -0.4 is 0 Å². The molecule has 6 heteroatoms. The van der Waals surface area contributed by atoms with E-state index in [2.05, 4.69) is 0 Å². The van der Waals surface area contributed by atoms with Crippen LogP contribution in [0, 0.1) is 5.82 Å². The summed E-state index contributed by atoms with van der Waals surface area (Å²) in [6.45, 7) is 1.95.